The Hall–Kier alpha value is -1.49. The molecule has 0 aromatic heterocycles. The summed E-state index contributed by atoms with van der Waals surface area (Å²) in [5.74, 6) is 0.112. The number of halogens is 2. The Balaban J connectivity index is 1.36. The second-order valence-corrected chi connectivity index (χ2v) is 18.4. The van der Waals surface area contributed by atoms with Crippen LogP contribution in [-0.2, 0) is 30.5 Å². The summed E-state index contributed by atoms with van der Waals surface area (Å²) < 4.78 is 37.0. The molecule has 2 aromatic rings. The van der Waals surface area contributed by atoms with E-state index in [-0.39, 0.29) is 90.0 Å². The number of hydrogen-bond acceptors (Lipinski definition) is 7. The summed E-state index contributed by atoms with van der Waals surface area (Å²) in [6.07, 6.45) is 5.05. The molecule has 9 nitrogen and oxygen atoms in total. The summed E-state index contributed by atoms with van der Waals surface area (Å²) >= 11 is -0.187. The van der Waals surface area contributed by atoms with Gasteiger partial charge in [-0.25, -0.2) is 0 Å². The molecule has 0 saturated carbocycles. The van der Waals surface area contributed by atoms with E-state index in [1.54, 1.807) is 24.3 Å². The van der Waals surface area contributed by atoms with Gasteiger partial charge >= 0.3 is 292 Å². The predicted octanol–water partition coefficient (Wildman–Crippen LogP) is -2.08. The average Bonchev–Trinajstić information content (AvgIpc) is 3.03. The zero-order valence-electron chi connectivity index (χ0n) is 26.7. The van der Waals surface area contributed by atoms with Crippen LogP contribution in [0.3, 0.4) is 0 Å². The molecule has 2 aromatic carbocycles. The van der Waals surface area contributed by atoms with Crippen molar-refractivity contribution in [2.75, 3.05) is 47.0 Å². The quantitative estimate of drug-likeness (QED) is 0.140. The van der Waals surface area contributed by atoms with Crippen molar-refractivity contribution in [1.82, 2.24) is 15.1 Å². The second-order valence-electron chi connectivity index (χ2n) is 11.9. The molecule has 0 spiro atoms. The van der Waals surface area contributed by atoms with Crippen LogP contribution in [0.25, 0.3) is 0 Å². The molecular weight excluding hydrogens is 820 g/mol. The average molecular weight is 868 g/mol. The molecule has 2 amide bonds. The van der Waals surface area contributed by atoms with Crippen molar-refractivity contribution in [3.05, 3.63) is 63.2 Å². The maximum absolute atomic E-state index is 13.5. The summed E-state index contributed by atoms with van der Waals surface area (Å²) in [7, 11) is -3.27. The number of alkyl halides is 3. The fourth-order valence-electron chi connectivity index (χ4n) is 6.00. The van der Waals surface area contributed by atoms with E-state index < -0.39 is 9.84 Å². The molecule has 1 N–H and O–H groups in total. The first-order valence-electron chi connectivity index (χ1n) is 15.5. The number of carbonyl (C=O) groups excluding carboxylic acids is 2. The molecule has 0 aliphatic carbocycles. The van der Waals surface area contributed by atoms with Gasteiger partial charge in [-0.2, -0.15) is 0 Å². The predicted molar refractivity (Wildman–Crippen MR) is 167 cm³/mol. The normalized spacial score (nSPS) is 18.4. The molecule has 2 aliphatic rings. The first-order valence-corrected chi connectivity index (χ1v) is 24.3. The Labute approximate surface area is 289 Å². The summed E-state index contributed by atoms with van der Waals surface area (Å²) in [4.78, 5) is 35.7. The molecule has 2 heterocycles. The van der Waals surface area contributed by atoms with Gasteiger partial charge in [0.2, 0.25) is 0 Å². The van der Waals surface area contributed by atoms with Crippen LogP contribution in [0.5, 0.6) is 0 Å². The van der Waals surface area contributed by atoms with Gasteiger partial charge in [-0.05, 0) is 0 Å². The van der Waals surface area contributed by atoms with Crippen molar-refractivity contribution in [3.8, 4) is 0 Å². The van der Waals surface area contributed by atoms with E-state index in [0.29, 0.717) is 13.2 Å². The summed E-state index contributed by atoms with van der Waals surface area (Å²) in [5.41, 5.74) is 1.95. The van der Waals surface area contributed by atoms with Gasteiger partial charge < -0.3 is 0 Å². The van der Waals surface area contributed by atoms with Gasteiger partial charge in [-0.15, -0.1) is 0 Å². The first kappa shape index (κ1) is 36.3. The number of ether oxygens (including phenoxy) is 2. The molecule has 2 saturated heterocycles. The number of piperidine rings is 1. The van der Waals surface area contributed by atoms with E-state index >= 15 is 0 Å². The van der Waals surface area contributed by atoms with Crippen molar-refractivity contribution in [1.29, 1.82) is 0 Å². The Bertz CT molecular complexity index is 1360. The van der Waals surface area contributed by atoms with Gasteiger partial charge in [0.15, 0.2) is 0 Å². The van der Waals surface area contributed by atoms with Gasteiger partial charge in [-0.3, -0.25) is 0 Å². The van der Waals surface area contributed by atoms with Crippen molar-refractivity contribution < 1.29 is 69.9 Å². The van der Waals surface area contributed by atoms with Crippen molar-refractivity contribution >= 4 is 21.8 Å². The van der Waals surface area contributed by atoms with E-state index in [4.69, 9.17) is 9.47 Å². The minimum absolute atomic E-state index is 0.0691. The van der Waals surface area contributed by atoms with Crippen LogP contribution in [0.2, 0.25) is 0 Å². The van der Waals surface area contributed by atoms with Crippen LogP contribution >= 0.6 is 0 Å². The number of likely N-dealkylation sites (tertiary alicyclic amines) is 1. The first-order chi connectivity index (χ1) is 21.6. The zero-order chi connectivity index (χ0) is 32.4. The number of alkyl carbamates (subject to hydrolysis) is 1. The van der Waals surface area contributed by atoms with Crippen LogP contribution < -0.4 is 47.7 Å². The van der Waals surface area contributed by atoms with Crippen molar-refractivity contribution in [2.24, 2.45) is 0 Å². The molecule has 2 fully saturated rings. The molecule has 12 heteroatoms. The van der Waals surface area contributed by atoms with Crippen molar-refractivity contribution in [2.45, 2.75) is 74.6 Å². The zero-order valence-corrected chi connectivity index (χ0v) is 31.8. The standard InChI is InChI=1S/C33H47I2N3O6S/c1-24(20-31(26-6-5-7-27(22-26)35-3)36-33(40)44-29-14-18-43-19-15-29)37-16-12-28(13-17-37)38(23-34-2)32(39)21-25-8-10-30(11-9-25)45(4,41)42/h5-11,22,24,28-29,31H,12-21,23H2,1-4H3,(H,36,40)/q-2. The number of benzene rings is 2. The van der Waals surface area contributed by atoms with E-state index in [9.17, 15) is 18.0 Å². The maximum atomic E-state index is 13.5. The molecule has 2 unspecified atom stereocenters. The molecule has 4 rings (SSSR count). The molecule has 45 heavy (non-hydrogen) atoms. The van der Waals surface area contributed by atoms with E-state index in [2.05, 4.69) is 56.2 Å². The molecule has 2 aliphatic heterocycles. The SMILES string of the molecule is C[I-]CN(C(=O)Cc1ccc(S(C)(=O)=O)cc1)C1CCN(C(C)CC(NC(=O)OC2CCOCC2)c2cccc([I-]C)c2)CC1. The van der Waals surface area contributed by atoms with E-state index in [1.165, 1.54) is 9.83 Å². The molecule has 0 radical (unpaired) electrons. The Kier molecular flexibility index (Phi) is 14.2. The van der Waals surface area contributed by atoms with Gasteiger partial charge in [0.1, 0.15) is 0 Å². The molecule has 2 atom stereocenters. The third-order valence-electron chi connectivity index (χ3n) is 8.62. The number of carbonyl (C=O) groups is 2. The topological polar surface area (TPSA) is 105 Å². The fraction of sp³-hybridized carbons (Fsp3) is 0.576. The van der Waals surface area contributed by atoms with Crippen LogP contribution in [0.15, 0.2) is 53.4 Å². The number of hydrogen-bond donors (Lipinski definition) is 1. The number of nitrogens with one attached hydrogen (secondary N) is 1. The van der Waals surface area contributed by atoms with Crippen molar-refractivity contribution in [3.63, 3.8) is 0 Å². The number of nitrogens with zero attached hydrogens (tertiary/aromatic N) is 2. The number of sulfone groups is 1. The monoisotopic (exact) mass is 867 g/mol. The number of amides is 2. The van der Waals surface area contributed by atoms with Crippen LogP contribution in [0.4, 0.5) is 4.79 Å². The minimum atomic E-state index is -3.27. The van der Waals surface area contributed by atoms with E-state index in [1.807, 2.05) is 0 Å². The molecule has 0 bridgehead atoms. The van der Waals surface area contributed by atoms with Crippen LogP contribution in [0, 0.1) is 3.57 Å². The Morgan fingerprint density at radius 3 is 2.38 bits per heavy atom. The van der Waals surface area contributed by atoms with Gasteiger partial charge in [-0.1, -0.05) is 0 Å². The molecular formula is C33H47I2N3O6S-2. The van der Waals surface area contributed by atoms with Gasteiger partial charge in [0.25, 0.3) is 0 Å². The third-order valence-corrected chi connectivity index (χ3v) is 13.1. The van der Waals surface area contributed by atoms with Gasteiger partial charge in [0, 0.05) is 0 Å². The Morgan fingerprint density at radius 1 is 1.07 bits per heavy atom. The number of rotatable bonds is 13. The summed E-state index contributed by atoms with van der Waals surface area (Å²) in [6.45, 7) is 5.26. The Morgan fingerprint density at radius 2 is 1.76 bits per heavy atom. The summed E-state index contributed by atoms with van der Waals surface area (Å²) in [6, 6.07) is 15.5. The van der Waals surface area contributed by atoms with Crippen LogP contribution in [0.1, 0.15) is 56.2 Å². The van der Waals surface area contributed by atoms with E-state index in [0.717, 1.165) is 60.9 Å². The fourth-order valence-corrected chi connectivity index (χ4v) is 9.54. The van der Waals surface area contributed by atoms with Crippen LogP contribution in [-0.4, -0.2) is 95.4 Å². The van der Waals surface area contributed by atoms with Gasteiger partial charge in [0.05, 0.1) is 0 Å². The second kappa shape index (κ2) is 17.6. The molecule has 252 valence electrons. The summed E-state index contributed by atoms with van der Waals surface area (Å²) in [5, 5.41) is 3.20. The third kappa shape index (κ3) is 11.0.